The van der Waals surface area contributed by atoms with Crippen LogP contribution in [0.3, 0.4) is 0 Å². The largest absolute Gasteiger partial charge is 0.448 e. The molecule has 5 heteroatoms. The Morgan fingerprint density at radius 3 is 2.61 bits per heavy atom. The lowest BCUT2D eigenvalue weighted by atomic mass is 9.98. The van der Waals surface area contributed by atoms with E-state index in [1.165, 1.54) is 6.92 Å². The van der Waals surface area contributed by atoms with Crippen LogP contribution in [0.2, 0.25) is 0 Å². The second-order valence-corrected chi connectivity index (χ2v) is 6.61. The average Bonchev–Trinajstić information content (AvgIpc) is 3.34. The molecule has 140 valence electrons. The van der Waals surface area contributed by atoms with E-state index in [4.69, 9.17) is 9.25 Å². The molecule has 2 aromatic heterocycles. The second-order valence-electron chi connectivity index (χ2n) is 6.61. The first kappa shape index (κ1) is 17.8. The van der Waals surface area contributed by atoms with Gasteiger partial charge < -0.3 is 9.25 Å². The van der Waals surface area contributed by atoms with Crippen LogP contribution in [0.1, 0.15) is 23.6 Å². The standard InChI is InChI=1S/C23H20N2O3/c1-16-8-3-4-9-18(16)14-21(24-28-17(2)26)20-15-25(23-12-7-13-27-23)22-11-6-5-10-19(20)22/h3-13,15H,14H2,1-2H3/b24-21+. The molecule has 0 bridgehead atoms. The fourth-order valence-electron chi connectivity index (χ4n) is 3.28. The van der Waals surface area contributed by atoms with Crippen molar-refractivity contribution in [3.63, 3.8) is 0 Å². The highest BCUT2D eigenvalue weighted by atomic mass is 16.7. The third-order valence-electron chi connectivity index (χ3n) is 4.67. The van der Waals surface area contributed by atoms with Crippen molar-refractivity contribution in [1.82, 2.24) is 4.57 Å². The van der Waals surface area contributed by atoms with Gasteiger partial charge in [-0.1, -0.05) is 47.6 Å². The number of oxime groups is 1. The minimum Gasteiger partial charge on any atom is -0.448 e. The Morgan fingerprint density at radius 1 is 1.07 bits per heavy atom. The highest BCUT2D eigenvalue weighted by Crippen LogP contribution is 2.27. The van der Waals surface area contributed by atoms with E-state index in [-0.39, 0.29) is 0 Å². The Hall–Kier alpha value is -3.60. The van der Waals surface area contributed by atoms with Crippen LogP contribution in [0, 0.1) is 6.92 Å². The van der Waals surface area contributed by atoms with Gasteiger partial charge in [0.25, 0.3) is 0 Å². The van der Waals surface area contributed by atoms with Crippen molar-refractivity contribution in [1.29, 1.82) is 0 Å². The summed E-state index contributed by atoms with van der Waals surface area (Å²) in [6, 6.07) is 19.9. The fraction of sp³-hybridized carbons (Fsp3) is 0.130. The number of nitrogens with zero attached hydrogens (tertiary/aromatic N) is 2. The summed E-state index contributed by atoms with van der Waals surface area (Å²) in [7, 11) is 0. The Balaban J connectivity index is 1.87. The van der Waals surface area contributed by atoms with Gasteiger partial charge in [-0.05, 0) is 30.2 Å². The Labute approximate surface area is 162 Å². The van der Waals surface area contributed by atoms with E-state index in [9.17, 15) is 4.79 Å². The first-order chi connectivity index (χ1) is 13.6. The van der Waals surface area contributed by atoms with E-state index in [0.717, 1.165) is 27.6 Å². The zero-order valence-corrected chi connectivity index (χ0v) is 15.8. The molecular weight excluding hydrogens is 352 g/mol. The summed E-state index contributed by atoms with van der Waals surface area (Å²) in [5.74, 6) is 0.266. The molecule has 0 aliphatic carbocycles. The Morgan fingerprint density at radius 2 is 1.86 bits per heavy atom. The molecule has 0 atom stereocenters. The van der Waals surface area contributed by atoms with Gasteiger partial charge in [-0.15, -0.1) is 0 Å². The quantitative estimate of drug-likeness (QED) is 0.280. The molecule has 0 aliphatic heterocycles. The summed E-state index contributed by atoms with van der Waals surface area (Å²) in [5.41, 5.74) is 4.87. The molecule has 2 heterocycles. The van der Waals surface area contributed by atoms with E-state index in [0.29, 0.717) is 18.0 Å². The van der Waals surface area contributed by atoms with Crippen molar-refractivity contribution in [2.75, 3.05) is 0 Å². The van der Waals surface area contributed by atoms with Gasteiger partial charge in [0.2, 0.25) is 5.88 Å². The number of furan rings is 1. The van der Waals surface area contributed by atoms with Gasteiger partial charge in [-0.3, -0.25) is 4.57 Å². The van der Waals surface area contributed by atoms with Gasteiger partial charge in [0, 0.05) is 36.6 Å². The lowest BCUT2D eigenvalue weighted by Gasteiger charge is -2.08. The summed E-state index contributed by atoms with van der Waals surface area (Å²) >= 11 is 0. The van der Waals surface area contributed by atoms with Crippen LogP contribution >= 0.6 is 0 Å². The van der Waals surface area contributed by atoms with Crippen molar-refractivity contribution < 1.29 is 14.0 Å². The van der Waals surface area contributed by atoms with Gasteiger partial charge in [0.15, 0.2) is 0 Å². The molecule has 28 heavy (non-hydrogen) atoms. The second kappa shape index (κ2) is 7.56. The highest BCUT2D eigenvalue weighted by Gasteiger charge is 2.17. The Kier molecular flexibility index (Phi) is 4.81. The summed E-state index contributed by atoms with van der Waals surface area (Å²) in [6.07, 6.45) is 4.17. The highest BCUT2D eigenvalue weighted by molar-refractivity contribution is 6.12. The molecule has 0 fully saturated rings. The van der Waals surface area contributed by atoms with Gasteiger partial charge in [-0.2, -0.15) is 0 Å². The summed E-state index contributed by atoms with van der Waals surface area (Å²) in [4.78, 5) is 16.4. The van der Waals surface area contributed by atoms with Crippen LogP contribution in [0.15, 0.2) is 82.7 Å². The van der Waals surface area contributed by atoms with Crippen LogP contribution < -0.4 is 0 Å². The SMILES string of the molecule is CC(=O)O/N=C(\Cc1ccccc1C)c1cn(-c2ccco2)c2ccccc12. The minimum atomic E-state index is -0.447. The fourth-order valence-corrected chi connectivity index (χ4v) is 3.28. The summed E-state index contributed by atoms with van der Waals surface area (Å²) < 4.78 is 7.57. The maximum atomic E-state index is 11.4. The predicted molar refractivity (Wildman–Crippen MR) is 109 cm³/mol. The predicted octanol–water partition coefficient (Wildman–Crippen LogP) is 5.04. The topological polar surface area (TPSA) is 56.7 Å². The van der Waals surface area contributed by atoms with Gasteiger partial charge >= 0.3 is 5.97 Å². The molecular formula is C23H20N2O3. The molecule has 5 nitrogen and oxygen atoms in total. The van der Waals surface area contributed by atoms with Crippen LogP contribution in [-0.2, 0) is 16.1 Å². The molecule has 4 aromatic rings. The molecule has 0 N–H and O–H groups in total. The molecule has 0 radical (unpaired) electrons. The number of para-hydroxylation sites is 1. The molecule has 2 aromatic carbocycles. The smallest absolute Gasteiger partial charge is 0.331 e. The first-order valence-electron chi connectivity index (χ1n) is 9.07. The van der Waals surface area contributed by atoms with Gasteiger partial charge in [0.1, 0.15) is 0 Å². The van der Waals surface area contributed by atoms with Crippen molar-refractivity contribution in [3.8, 4) is 5.88 Å². The number of benzene rings is 2. The zero-order valence-electron chi connectivity index (χ0n) is 15.8. The summed E-state index contributed by atoms with van der Waals surface area (Å²) in [5, 5.41) is 5.21. The summed E-state index contributed by atoms with van der Waals surface area (Å²) in [6.45, 7) is 3.41. The van der Waals surface area contributed by atoms with Crippen LogP contribution in [0.4, 0.5) is 0 Å². The number of fused-ring (bicyclic) bond motifs is 1. The number of hydrogen-bond donors (Lipinski definition) is 0. The van der Waals surface area contributed by atoms with Gasteiger partial charge in [-0.25, -0.2) is 4.79 Å². The maximum absolute atomic E-state index is 11.4. The number of hydrogen-bond acceptors (Lipinski definition) is 4. The van der Waals surface area contributed by atoms with Crippen molar-refractivity contribution in [3.05, 3.63) is 89.8 Å². The molecule has 0 amide bonds. The van der Waals surface area contributed by atoms with E-state index < -0.39 is 5.97 Å². The van der Waals surface area contributed by atoms with E-state index >= 15 is 0 Å². The zero-order chi connectivity index (χ0) is 19.5. The number of carbonyl (C=O) groups excluding carboxylic acids is 1. The van der Waals surface area contributed by atoms with Crippen LogP contribution in [0.5, 0.6) is 0 Å². The number of rotatable bonds is 5. The molecule has 0 aliphatic rings. The molecule has 0 saturated carbocycles. The normalized spacial score (nSPS) is 11.7. The van der Waals surface area contributed by atoms with Gasteiger partial charge in [0.05, 0.1) is 17.5 Å². The van der Waals surface area contributed by atoms with Crippen LogP contribution in [0.25, 0.3) is 16.8 Å². The third kappa shape index (κ3) is 3.47. The van der Waals surface area contributed by atoms with Crippen molar-refractivity contribution in [2.24, 2.45) is 5.16 Å². The average molecular weight is 372 g/mol. The Bertz CT molecular complexity index is 1150. The number of carbonyl (C=O) groups is 1. The van der Waals surface area contributed by atoms with Crippen molar-refractivity contribution >= 4 is 22.6 Å². The number of aryl methyl sites for hydroxylation is 1. The third-order valence-corrected chi connectivity index (χ3v) is 4.67. The number of aromatic nitrogens is 1. The van der Waals surface area contributed by atoms with E-state index in [2.05, 4.69) is 24.2 Å². The first-order valence-corrected chi connectivity index (χ1v) is 9.07. The molecule has 4 rings (SSSR count). The van der Waals surface area contributed by atoms with E-state index in [1.807, 2.05) is 59.3 Å². The molecule has 0 unspecified atom stereocenters. The lowest BCUT2D eigenvalue weighted by molar-refractivity contribution is -0.140. The van der Waals surface area contributed by atoms with E-state index in [1.54, 1.807) is 6.26 Å². The maximum Gasteiger partial charge on any atom is 0.331 e. The monoisotopic (exact) mass is 372 g/mol. The van der Waals surface area contributed by atoms with Crippen molar-refractivity contribution in [2.45, 2.75) is 20.3 Å². The molecule has 0 saturated heterocycles. The minimum absolute atomic E-state index is 0.447. The lowest BCUT2D eigenvalue weighted by Crippen LogP contribution is -2.08. The molecule has 0 spiro atoms. The van der Waals surface area contributed by atoms with Crippen LogP contribution in [-0.4, -0.2) is 16.2 Å².